The van der Waals surface area contributed by atoms with Gasteiger partial charge in [0.2, 0.25) is 5.91 Å². The van der Waals surface area contributed by atoms with Gasteiger partial charge in [0.1, 0.15) is 5.82 Å². The zero-order valence-electron chi connectivity index (χ0n) is 16.7. The number of benzene rings is 3. The van der Waals surface area contributed by atoms with Crippen molar-refractivity contribution in [2.24, 2.45) is 0 Å². The predicted octanol–water partition coefficient (Wildman–Crippen LogP) is 6.48. The summed E-state index contributed by atoms with van der Waals surface area (Å²) in [5.74, 6) is -0.222. The third-order valence-corrected chi connectivity index (χ3v) is 6.10. The fraction of sp³-hybridized carbons (Fsp3) is 0.0833. The smallest absolute Gasteiger partial charge is 0.234 e. The van der Waals surface area contributed by atoms with E-state index >= 15 is 0 Å². The molecule has 156 valence electrons. The van der Waals surface area contributed by atoms with Crippen molar-refractivity contribution in [2.45, 2.75) is 12.1 Å². The van der Waals surface area contributed by atoms with Crippen LogP contribution in [0.1, 0.15) is 5.56 Å². The Kier molecular flexibility index (Phi) is 6.53. The Bertz CT molecular complexity index is 1190. The predicted molar refractivity (Wildman–Crippen MR) is 127 cm³/mol. The number of hydrogen-bond donors (Lipinski definition) is 1. The van der Waals surface area contributed by atoms with Crippen LogP contribution in [0.4, 0.5) is 10.1 Å². The van der Waals surface area contributed by atoms with Crippen LogP contribution in [0.25, 0.3) is 16.9 Å². The van der Waals surface area contributed by atoms with Gasteiger partial charge in [-0.2, -0.15) is 0 Å². The van der Waals surface area contributed by atoms with Gasteiger partial charge in [-0.25, -0.2) is 9.37 Å². The minimum atomic E-state index is -0.305. The minimum absolute atomic E-state index is 0.118. The van der Waals surface area contributed by atoms with E-state index in [9.17, 15) is 9.18 Å². The quantitative estimate of drug-likeness (QED) is 0.311. The lowest BCUT2D eigenvalue weighted by Gasteiger charge is -2.12. The summed E-state index contributed by atoms with van der Waals surface area (Å²) in [4.78, 5) is 17.0. The molecule has 0 unspecified atom stereocenters. The molecule has 4 nitrogen and oxygen atoms in total. The Balaban J connectivity index is 1.59. The van der Waals surface area contributed by atoms with E-state index in [1.807, 2.05) is 60.0 Å². The van der Waals surface area contributed by atoms with Gasteiger partial charge in [0.15, 0.2) is 5.16 Å². The Morgan fingerprint density at radius 3 is 2.39 bits per heavy atom. The van der Waals surface area contributed by atoms with Crippen molar-refractivity contribution in [2.75, 3.05) is 11.1 Å². The summed E-state index contributed by atoms with van der Waals surface area (Å²) in [5.41, 5.74) is 4.50. The van der Waals surface area contributed by atoms with Crippen molar-refractivity contribution < 1.29 is 9.18 Å². The molecule has 7 heteroatoms. The van der Waals surface area contributed by atoms with Crippen molar-refractivity contribution in [1.29, 1.82) is 0 Å². The molecule has 0 radical (unpaired) electrons. The van der Waals surface area contributed by atoms with Gasteiger partial charge in [-0.05, 0) is 55.5 Å². The van der Waals surface area contributed by atoms with Gasteiger partial charge in [0.25, 0.3) is 0 Å². The maximum Gasteiger partial charge on any atom is 0.234 e. The number of thioether (sulfide) groups is 1. The van der Waals surface area contributed by atoms with Crippen LogP contribution in [0.2, 0.25) is 0 Å². The van der Waals surface area contributed by atoms with E-state index in [1.54, 1.807) is 18.3 Å². The first-order chi connectivity index (χ1) is 15.0. The van der Waals surface area contributed by atoms with Gasteiger partial charge in [0, 0.05) is 21.4 Å². The van der Waals surface area contributed by atoms with E-state index in [0.717, 1.165) is 32.7 Å². The normalized spacial score (nSPS) is 10.8. The number of rotatable bonds is 6. The Morgan fingerprint density at radius 2 is 1.71 bits per heavy atom. The van der Waals surface area contributed by atoms with Gasteiger partial charge in [-0.3, -0.25) is 9.36 Å². The van der Waals surface area contributed by atoms with Gasteiger partial charge in [-0.1, -0.05) is 57.5 Å². The maximum absolute atomic E-state index is 13.5. The Labute approximate surface area is 192 Å². The summed E-state index contributed by atoms with van der Waals surface area (Å²) in [6.45, 7) is 2.00. The standard InChI is InChI=1S/C24H19BrFN3OS/c1-16-2-10-20(11-3-16)28-23(30)15-31-24-27-14-22(17-4-6-18(25)7-5-17)29(24)21-12-8-19(26)9-13-21/h2-14H,15H2,1H3,(H,28,30). The second-order valence-corrected chi connectivity index (χ2v) is 8.81. The summed E-state index contributed by atoms with van der Waals surface area (Å²) >= 11 is 4.79. The number of aromatic nitrogens is 2. The molecule has 1 N–H and O–H groups in total. The van der Waals surface area contributed by atoms with Crippen LogP contribution < -0.4 is 5.32 Å². The Morgan fingerprint density at radius 1 is 1.03 bits per heavy atom. The Hall–Kier alpha value is -2.90. The maximum atomic E-state index is 13.5. The van der Waals surface area contributed by atoms with Gasteiger partial charge in [-0.15, -0.1) is 0 Å². The molecule has 4 rings (SSSR count). The first-order valence-electron chi connectivity index (χ1n) is 9.58. The number of nitrogens with one attached hydrogen (secondary N) is 1. The number of carbonyl (C=O) groups excluding carboxylic acids is 1. The molecule has 1 amide bonds. The van der Waals surface area contributed by atoms with Gasteiger partial charge < -0.3 is 5.32 Å². The number of carbonyl (C=O) groups is 1. The van der Waals surface area contributed by atoms with Gasteiger partial charge in [0.05, 0.1) is 17.6 Å². The van der Waals surface area contributed by atoms with Crippen LogP contribution in [0, 0.1) is 12.7 Å². The largest absolute Gasteiger partial charge is 0.325 e. The molecule has 0 spiro atoms. The zero-order chi connectivity index (χ0) is 21.8. The minimum Gasteiger partial charge on any atom is -0.325 e. The van der Waals surface area contributed by atoms with Crippen molar-refractivity contribution in [1.82, 2.24) is 9.55 Å². The lowest BCUT2D eigenvalue weighted by molar-refractivity contribution is -0.113. The lowest BCUT2D eigenvalue weighted by atomic mass is 10.1. The molecular weight excluding hydrogens is 477 g/mol. The van der Waals surface area contributed by atoms with Crippen molar-refractivity contribution in [3.05, 3.63) is 94.8 Å². The highest BCUT2D eigenvalue weighted by atomic mass is 79.9. The van der Waals surface area contributed by atoms with E-state index in [1.165, 1.54) is 23.9 Å². The van der Waals surface area contributed by atoms with E-state index in [-0.39, 0.29) is 17.5 Å². The molecule has 4 aromatic rings. The van der Waals surface area contributed by atoms with Crippen molar-refractivity contribution in [3.63, 3.8) is 0 Å². The summed E-state index contributed by atoms with van der Waals surface area (Å²) in [6.07, 6.45) is 1.77. The van der Waals surface area contributed by atoms with Gasteiger partial charge >= 0.3 is 0 Å². The van der Waals surface area contributed by atoms with Crippen molar-refractivity contribution in [3.8, 4) is 16.9 Å². The third-order valence-electron chi connectivity index (χ3n) is 4.62. The van der Waals surface area contributed by atoms with Crippen LogP contribution in [0.15, 0.2) is 88.6 Å². The number of amides is 1. The molecule has 3 aromatic carbocycles. The molecule has 1 aromatic heterocycles. The SMILES string of the molecule is Cc1ccc(NC(=O)CSc2ncc(-c3ccc(Br)cc3)n2-c2ccc(F)cc2)cc1. The molecule has 0 saturated carbocycles. The van der Waals surface area contributed by atoms with Crippen LogP contribution in [0.3, 0.4) is 0 Å². The van der Waals surface area contributed by atoms with Crippen LogP contribution in [-0.4, -0.2) is 21.2 Å². The average molecular weight is 496 g/mol. The molecule has 0 saturated heterocycles. The molecule has 31 heavy (non-hydrogen) atoms. The highest BCUT2D eigenvalue weighted by molar-refractivity contribution is 9.10. The number of anilines is 1. The second kappa shape index (κ2) is 9.49. The fourth-order valence-electron chi connectivity index (χ4n) is 3.06. The van der Waals surface area contributed by atoms with E-state index in [0.29, 0.717) is 5.16 Å². The lowest BCUT2D eigenvalue weighted by Crippen LogP contribution is -2.14. The monoisotopic (exact) mass is 495 g/mol. The number of imidazole rings is 1. The molecule has 0 aliphatic rings. The molecular formula is C24H19BrFN3OS. The highest BCUT2D eigenvalue weighted by Gasteiger charge is 2.16. The van der Waals surface area contributed by atoms with E-state index in [2.05, 4.69) is 26.2 Å². The number of hydrogen-bond acceptors (Lipinski definition) is 3. The van der Waals surface area contributed by atoms with E-state index < -0.39 is 0 Å². The molecule has 0 aliphatic heterocycles. The average Bonchev–Trinajstić information content (AvgIpc) is 3.19. The van der Waals surface area contributed by atoms with Crippen LogP contribution in [0.5, 0.6) is 0 Å². The van der Waals surface area contributed by atoms with Crippen LogP contribution >= 0.6 is 27.7 Å². The summed E-state index contributed by atoms with van der Waals surface area (Å²) < 4.78 is 16.4. The molecule has 0 atom stereocenters. The molecule has 1 heterocycles. The molecule has 0 bridgehead atoms. The fourth-order valence-corrected chi connectivity index (χ4v) is 4.12. The van der Waals surface area contributed by atoms with Crippen LogP contribution in [-0.2, 0) is 4.79 Å². The first kappa shape index (κ1) is 21.3. The second-order valence-electron chi connectivity index (χ2n) is 6.95. The first-order valence-corrected chi connectivity index (χ1v) is 11.4. The zero-order valence-corrected chi connectivity index (χ0v) is 19.1. The van der Waals surface area contributed by atoms with Crippen molar-refractivity contribution >= 4 is 39.3 Å². The molecule has 0 fully saturated rings. The number of nitrogens with zero attached hydrogens (tertiary/aromatic N) is 2. The number of halogens is 2. The topological polar surface area (TPSA) is 46.9 Å². The van der Waals surface area contributed by atoms with E-state index in [4.69, 9.17) is 0 Å². The summed E-state index contributed by atoms with van der Waals surface area (Å²) in [7, 11) is 0. The summed E-state index contributed by atoms with van der Waals surface area (Å²) in [5, 5.41) is 3.56. The summed E-state index contributed by atoms with van der Waals surface area (Å²) in [6, 6.07) is 21.8. The molecule has 0 aliphatic carbocycles. The third kappa shape index (κ3) is 5.24. The highest BCUT2D eigenvalue weighted by Crippen LogP contribution is 2.30. The number of aryl methyl sites for hydroxylation is 1.